The Morgan fingerprint density at radius 3 is 2.67 bits per heavy atom. The molecule has 1 amide bonds. The maximum absolute atomic E-state index is 12.2. The van der Waals surface area contributed by atoms with Crippen LogP contribution in [0.25, 0.3) is 21.9 Å². The van der Waals surface area contributed by atoms with Crippen LogP contribution in [0.4, 0.5) is 5.69 Å². The number of carbonyl (C=O) groups is 1. The fraction of sp³-hybridized carbons (Fsp3) is 0.211. The summed E-state index contributed by atoms with van der Waals surface area (Å²) in [4.78, 5) is 20.9. The van der Waals surface area contributed by atoms with Crippen molar-refractivity contribution in [3.63, 3.8) is 0 Å². The molecule has 0 radical (unpaired) electrons. The summed E-state index contributed by atoms with van der Waals surface area (Å²) < 4.78 is 0. The first-order valence-corrected chi connectivity index (χ1v) is 8.01. The molecule has 0 aliphatic rings. The van der Waals surface area contributed by atoms with E-state index in [1.54, 1.807) is 12.4 Å². The molecular formula is C19H20N4O. The van der Waals surface area contributed by atoms with E-state index in [1.165, 1.54) is 0 Å². The summed E-state index contributed by atoms with van der Waals surface area (Å²) in [5.41, 5.74) is 9.90. The smallest absolute Gasteiger partial charge is 0.272 e. The number of pyridine rings is 2. The van der Waals surface area contributed by atoms with Crippen LogP contribution in [0.3, 0.4) is 0 Å². The lowest BCUT2D eigenvalue weighted by Crippen LogP contribution is -2.26. The lowest BCUT2D eigenvalue weighted by molar-refractivity contribution is 0.0950. The second-order valence-electron chi connectivity index (χ2n) is 5.68. The normalized spacial score (nSPS) is 10.8. The molecule has 1 aromatic carbocycles. The Hall–Kier alpha value is -2.95. The van der Waals surface area contributed by atoms with Crippen molar-refractivity contribution in [2.24, 2.45) is 0 Å². The molecule has 0 unspecified atom stereocenters. The topological polar surface area (TPSA) is 80.9 Å². The van der Waals surface area contributed by atoms with E-state index in [9.17, 15) is 4.79 Å². The molecule has 5 nitrogen and oxygen atoms in total. The number of nitrogens with two attached hydrogens (primary N) is 1. The largest absolute Gasteiger partial charge is 0.396 e. The van der Waals surface area contributed by atoms with E-state index in [1.807, 2.05) is 44.2 Å². The zero-order chi connectivity index (χ0) is 17.1. The molecule has 0 saturated carbocycles. The molecule has 3 rings (SSSR count). The van der Waals surface area contributed by atoms with Crippen molar-refractivity contribution >= 4 is 22.4 Å². The molecule has 0 atom stereocenters. The van der Waals surface area contributed by atoms with Crippen LogP contribution in [0.1, 0.15) is 29.5 Å². The number of fused-ring (bicyclic) bond motifs is 1. The van der Waals surface area contributed by atoms with Gasteiger partial charge in [-0.2, -0.15) is 0 Å². The third kappa shape index (κ3) is 2.80. The number of nitrogen functional groups attached to an aromatic ring is 1. The lowest BCUT2D eigenvalue weighted by atomic mass is 9.97. The highest BCUT2D eigenvalue weighted by atomic mass is 16.1. The van der Waals surface area contributed by atoms with Crippen molar-refractivity contribution in [2.45, 2.75) is 20.3 Å². The number of amides is 1. The summed E-state index contributed by atoms with van der Waals surface area (Å²) in [6.45, 7) is 4.57. The number of nitrogens with one attached hydrogen (secondary N) is 1. The monoisotopic (exact) mass is 320 g/mol. The van der Waals surface area contributed by atoms with Crippen LogP contribution in [0, 0.1) is 6.92 Å². The highest BCUT2D eigenvalue weighted by Gasteiger charge is 2.16. The number of aryl methyl sites for hydroxylation is 1. The number of anilines is 1. The number of rotatable bonds is 4. The van der Waals surface area contributed by atoms with Crippen LogP contribution < -0.4 is 11.1 Å². The summed E-state index contributed by atoms with van der Waals surface area (Å²) in [7, 11) is 0. The van der Waals surface area contributed by atoms with Gasteiger partial charge in [0.2, 0.25) is 0 Å². The zero-order valence-corrected chi connectivity index (χ0v) is 13.8. The number of benzene rings is 1. The number of aromatic nitrogens is 2. The fourth-order valence-electron chi connectivity index (χ4n) is 2.77. The van der Waals surface area contributed by atoms with Gasteiger partial charge in [-0.1, -0.05) is 31.2 Å². The third-order valence-corrected chi connectivity index (χ3v) is 4.02. The van der Waals surface area contributed by atoms with Gasteiger partial charge < -0.3 is 11.1 Å². The van der Waals surface area contributed by atoms with Crippen molar-refractivity contribution in [1.82, 2.24) is 15.3 Å². The van der Waals surface area contributed by atoms with E-state index >= 15 is 0 Å². The molecule has 122 valence electrons. The van der Waals surface area contributed by atoms with Gasteiger partial charge >= 0.3 is 0 Å². The van der Waals surface area contributed by atoms with Crippen molar-refractivity contribution in [3.05, 3.63) is 54.1 Å². The Kier molecular flexibility index (Phi) is 4.42. The van der Waals surface area contributed by atoms with Gasteiger partial charge in [0.25, 0.3) is 5.91 Å². The van der Waals surface area contributed by atoms with Crippen molar-refractivity contribution in [2.75, 3.05) is 12.3 Å². The minimum absolute atomic E-state index is 0.237. The van der Waals surface area contributed by atoms with E-state index in [0.717, 1.165) is 34.0 Å². The molecule has 0 saturated heterocycles. The quantitative estimate of drug-likeness (QED) is 0.772. The standard InChI is InChI=1S/C19H20N4O/c1-3-9-22-19(24)18-17(20)15-7-4-6-14(16(15)11-23-18)13-8-5-10-21-12(13)2/h4-8,10-11H,3,9,20H2,1-2H3,(H,22,24). The van der Waals surface area contributed by atoms with Gasteiger partial charge in [-0.3, -0.25) is 9.78 Å². The summed E-state index contributed by atoms with van der Waals surface area (Å²) in [5, 5.41) is 4.56. The Bertz CT molecular complexity index is 905. The molecule has 0 fully saturated rings. The maximum Gasteiger partial charge on any atom is 0.272 e. The molecule has 0 aliphatic heterocycles. The summed E-state index contributed by atoms with van der Waals surface area (Å²) in [5.74, 6) is -0.237. The highest BCUT2D eigenvalue weighted by Crippen LogP contribution is 2.33. The molecule has 0 spiro atoms. The van der Waals surface area contributed by atoms with Crippen molar-refractivity contribution in [3.8, 4) is 11.1 Å². The van der Waals surface area contributed by atoms with Crippen molar-refractivity contribution in [1.29, 1.82) is 0 Å². The molecule has 2 heterocycles. The van der Waals surface area contributed by atoms with Gasteiger partial charge in [-0.15, -0.1) is 0 Å². The Morgan fingerprint density at radius 2 is 1.92 bits per heavy atom. The van der Waals surface area contributed by atoms with Crippen molar-refractivity contribution < 1.29 is 4.79 Å². The van der Waals surface area contributed by atoms with Gasteiger partial charge in [0, 0.05) is 41.0 Å². The predicted octanol–water partition coefficient (Wildman–Crippen LogP) is 3.33. The Balaban J connectivity index is 2.15. The zero-order valence-electron chi connectivity index (χ0n) is 13.8. The van der Waals surface area contributed by atoms with E-state index < -0.39 is 0 Å². The first-order chi connectivity index (χ1) is 11.6. The minimum Gasteiger partial charge on any atom is -0.396 e. The number of carbonyl (C=O) groups excluding carboxylic acids is 1. The lowest BCUT2D eigenvalue weighted by Gasteiger charge is -2.12. The molecule has 3 N–H and O–H groups in total. The molecule has 2 aromatic heterocycles. The van der Waals surface area contributed by atoms with Crippen LogP contribution >= 0.6 is 0 Å². The van der Waals surface area contributed by atoms with Crippen LogP contribution in [-0.2, 0) is 0 Å². The summed E-state index contributed by atoms with van der Waals surface area (Å²) in [6.07, 6.45) is 4.35. The maximum atomic E-state index is 12.2. The first-order valence-electron chi connectivity index (χ1n) is 8.01. The fourth-order valence-corrected chi connectivity index (χ4v) is 2.77. The molecule has 24 heavy (non-hydrogen) atoms. The average molecular weight is 320 g/mol. The molecule has 3 aromatic rings. The number of nitrogens with zero attached hydrogens (tertiary/aromatic N) is 2. The summed E-state index contributed by atoms with van der Waals surface area (Å²) in [6, 6.07) is 9.80. The van der Waals surface area contributed by atoms with Gasteiger partial charge in [-0.05, 0) is 25.0 Å². The SMILES string of the molecule is CCCNC(=O)c1ncc2c(-c3cccnc3C)cccc2c1N. The number of hydrogen-bond donors (Lipinski definition) is 2. The van der Waals surface area contributed by atoms with Gasteiger partial charge in [-0.25, -0.2) is 4.98 Å². The second kappa shape index (κ2) is 6.66. The van der Waals surface area contributed by atoms with Gasteiger partial charge in [0.1, 0.15) is 0 Å². The van der Waals surface area contributed by atoms with Crippen LogP contribution in [-0.4, -0.2) is 22.4 Å². The molecule has 0 bridgehead atoms. The van der Waals surface area contributed by atoms with E-state index in [2.05, 4.69) is 15.3 Å². The van der Waals surface area contributed by atoms with Crippen LogP contribution in [0.15, 0.2) is 42.7 Å². The van der Waals surface area contributed by atoms with Crippen LogP contribution in [0.5, 0.6) is 0 Å². The third-order valence-electron chi connectivity index (χ3n) is 4.02. The first kappa shape index (κ1) is 15.9. The second-order valence-corrected chi connectivity index (χ2v) is 5.68. The van der Waals surface area contributed by atoms with Crippen LogP contribution in [0.2, 0.25) is 0 Å². The summed E-state index contributed by atoms with van der Waals surface area (Å²) >= 11 is 0. The average Bonchev–Trinajstić information content (AvgIpc) is 2.60. The van der Waals surface area contributed by atoms with Gasteiger partial charge in [0.05, 0.1) is 5.69 Å². The minimum atomic E-state index is -0.237. The molecular weight excluding hydrogens is 300 g/mol. The van der Waals surface area contributed by atoms with E-state index in [4.69, 9.17) is 5.73 Å². The number of hydrogen-bond acceptors (Lipinski definition) is 4. The predicted molar refractivity (Wildman–Crippen MR) is 96.7 cm³/mol. The van der Waals surface area contributed by atoms with E-state index in [0.29, 0.717) is 12.2 Å². The Labute approximate surface area is 140 Å². The van der Waals surface area contributed by atoms with E-state index in [-0.39, 0.29) is 11.6 Å². The molecule has 5 heteroatoms. The Morgan fingerprint density at radius 1 is 1.12 bits per heavy atom. The molecule has 0 aliphatic carbocycles. The van der Waals surface area contributed by atoms with Gasteiger partial charge in [0.15, 0.2) is 5.69 Å². The highest BCUT2D eigenvalue weighted by molar-refractivity contribution is 6.09.